The monoisotopic (exact) mass is 322 g/mol. The molecule has 0 aliphatic carbocycles. The maximum atomic E-state index is 13.4. The predicted octanol–water partition coefficient (Wildman–Crippen LogP) is 3.67. The molecule has 1 aromatic rings. The predicted molar refractivity (Wildman–Crippen MR) is 73.1 cm³/mol. The largest absolute Gasteiger partial charge is 0.362 e. The van der Waals surface area contributed by atoms with Crippen molar-refractivity contribution >= 4 is 38.9 Å². The minimum atomic E-state index is -0.563. The maximum absolute atomic E-state index is 13.4. The van der Waals surface area contributed by atoms with Gasteiger partial charge in [-0.05, 0) is 40.1 Å². The Morgan fingerprint density at radius 1 is 1.35 bits per heavy atom. The zero-order valence-corrected chi connectivity index (χ0v) is 11.9. The fourth-order valence-corrected chi connectivity index (χ4v) is 1.59. The van der Waals surface area contributed by atoms with E-state index in [2.05, 4.69) is 26.6 Å². The molecule has 2 nitrogen and oxygen atoms in total. The van der Waals surface area contributed by atoms with Crippen molar-refractivity contribution in [3.8, 4) is 0 Å². The highest BCUT2D eigenvalue weighted by Crippen LogP contribution is 2.23. The standard InChI is InChI=1S/C11H13BrF2N2S/c1-6(2)5-15-11(17)16-10-4-8(13)7(12)3-9(10)14/h3-4,6H,5H2,1-2H3,(H2,15,16,17). The summed E-state index contributed by atoms with van der Waals surface area (Å²) in [5.74, 6) is -0.686. The molecule has 0 unspecified atom stereocenters. The van der Waals surface area contributed by atoms with Gasteiger partial charge in [0.1, 0.15) is 11.6 Å². The molecule has 2 N–H and O–H groups in total. The number of hydrogen-bond donors (Lipinski definition) is 2. The van der Waals surface area contributed by atoms with Gasteiger partial charge in [0.05, 0.1) is 10.2 Å². The first kappa shape index (κ1) is 14.3. The molecule has 17 heavy (non-hydrogen) atoms. The van der Waals surface area contributed by atoms with Gasteiger partial charge in [-0.3, -0.25) is 0 Å². The van der Waals surface area contributed by atoms with Crippen LogP contribution < -0.4 is 10.6 Å². The summed E-state index contributed by atoms with van der Waals surface area (Å²) >= 11 is 7.87. The minimum absolute atomic E-state index is 0.0203. The van der Waals surface area contributed by atoms with Gasteiger partial charge in [0.25, 0.3) is 0 Å². The van der Waals surface area contributed by atoms with Crippen molar-refractivity contribution in [3.63, 3.8) is 0 Å². The molecule has 0 saturated carbocycles. The molecule has 0 atom stereocenters. The van der Waals surface area contributed by atoms with E-state index in [1.165, 1.54) is 0 Å². The molecular formula is C11H13BrF2N2S. The van der Waals surface area contributed by atoms with Crippen LogP contribution in [0.4, 0.5) is 14.5 Å². The van der Waals surface area contributed by atoms with Crippen LogP contribution >= 0.6 is 28.1 Å². The van der Waals surface area contributed by atoms with E-state index in [1.54, 1.807) is 0 Å². The van der Waals surface area contributed by atoms with Crippen molar-refractivity contribution in [1.82, 2.24) is 5.32 Å². The molecule has 1 rings (SSSR count). The fraction of sp³-hybridized carbons (Fsp3) is 0.364. The van der Waals surface area contributed by atoms with Crippen molar-refractivity contribution in [3.05, 3.63) is 28.2 Å². The molecule has 0 amide bonds. The molecule has 0 bridgehead atoms. The van der Waals surface area contributed by atoms with Crippen molar-refractivity contribution < 1.29 is 8.78 Å². The lowest BCUT2D eigenvalue weighted by molar-refractivity contribution is 0.597. The second-order valence-corrected chi connectivity index (χ2v) is 5.24. The molecular weight excluding hydrogens is 310 g/mol. The summed E-state index contributed by atoms with van der Waals surface area (Å²) in [6.45, 7) is 4.72. The molecule has 6 heteroatoms. The van der Waals surface area contributed by atoms with E-state index in [9.17, 15) is 8.78 Å². The van der Waals surface area contributed by atoms with E-state index in [-0.39, 0.29) is 15.3 Å². The molecule has 0 aliphatic rings. The maximum Gasteiger partial charge on any atom is 0.170 e. The van der Waals surface area contributed by atoms with Crippen LogP contribution in [0.5, 0.6) is 0 Å². The number of rotatable bonds is 3. The number of thiocarbonyl (C=S) groups is 1. The third kappa shape index (κ3) is 4.55. The van der Waals surface area contributed by atoms with Crippen LogP contribution in [0, 0.1) is 17.6 Å². The summed E-state index contributed by atoms with van der Waals surface area (Å²) in [5, 5.41) is 5.81. The molecule has 94 valence electrons. The molecule has 0 spiro atoms. The lowest BCUT2D eigenvalue weighted by Crippen LogP contribution is -2.31. The number of nitrogens with one attached hydrogen (secondary N) is 2. The average Bonchev–Trinajstić information content (AvgIpc) is 2.23. The smallest absolute Gasteiger partial charge is 0.170 e. The Balaban J connectivity index is 2.68. The Morgan fingerprint density at radius 3 is 2.59 bits per heavy atom. The molecule has 0 saturated heterocycles. The van der Waals surface area contributed by atoms with E-state index in [1.807, 2.05) is 13.8 Å². The van der Waals surface area contributed by atoms with Crippen LogP contribution in [0.1, 0.15) is 13.8 Å². The number of hydrogen-bond acceptors (Lipinski definition) is 1. The van der Waals surface area contributed by atoms with Crippen molar-refractivity contribution in [2.45, 2.75) is 13.8 Å². The average molecular weight is 323 g/mol. The number of benzene rings is 1. The van der Waals surface area contributed by atoms with E-state index in [4.69, 9.17) is 12.2 Å². The molecule has 0 aromatic heterocycles. The normalized spacial score (nSPS) is 10.5. The highest BCUT2D eigenvalue weighted by molar-refractivity contribution is 9.10. The molecule has 0 fully saturated rings. The highest BCUT2D eigenvalue weighted by atomic mass is 79.9. The van der Waals surface area contributed by atoms with E-state index < -0.39 is 11.6 Å². The van der Waals surface area contributed by atoms with Gasteiger partial charge >= 0.3 is 0 Å². The van der Waals surface area contributed by atoms with Crippen LogP contribution in [-0.4, -0.2) is 11.7 Å². The summed E-state index contributed by atoms with van der Waals surface area (Å²) in [4.78, 5) is 0. The fourth-order valence-electron chi connectivity index (χ4n) is 1.08. The quantitative estimate of drug-likeness (QED) is 0.656. The SMILES string of the molecule is CC(C)CNC(=S)Nc1cc(F)c(Br)cc1F. The van der Waals surface area contributed by atoms with Gasteiger partial charge in [0, 0.05) is 12.6 Å². The first-order chi connectivity index (χ1) is 7.90. The molecule has 0 aliphatic heterocycles. The Bertz CT molecular complexity index is 424. The van der Waals surface area contributed by atoms with Gasteiger partial charge in [-0.1, -0.05) is 13.8 Å². The summed E-state index contributed by atoms with van der Waals surface area (Å²) in [6, 6.07) is 2.12. The third-order valence-corrected chi connectivity index (χ3v) is 2.78. The van der Waals surface area contributed by atoms with Crippen LogP contribution in [0.25, 0.3) is 0 Å². The van der Waals surface area contributed by atoms with Crippen molar-refractivity contribution in [1.29, 1.82) is 0 Å². The van der Waals surface area contributed by atoms with Crippen LogP contribution in [0.15, 0.2) is 16.6 Å². The van der Waals surface area contributed by atoms with Gasteiger partial charge in [0.15, 0.2) is 5.11 Å². The zero-order chi connectivity index (χ0) is 13.0. The lowest BCUT2D eigenvalue weighted by atomic mass is 10.2. The van der Waals surface area contributed by atoms with E-state index in [0.717, 1.165) is 12.1 Å². The van der Waals surface area contributed by atoms with Gasteiger partial charge in [-0.25, -0.2) is 8.78 Å². The first-order valence-electron chi connectivity index (χ1n) is 5.09. The zero-order valence-electron chi connectivity index (χ0n) is 9.48. The van der Waals surface area contributed by atoms with Gasteiger partial charge in [0.2, 0.25) is 0 Å². The van der Waals surface area contributed by atoms with Crippen LogP contribution in [0.3, 0.4) is 0 Å². The highest BCUT2D eigenvalue weighted by Gasteiger charge is 2.09. The number of halogens is 3. The van der Waals surface area contributed by atoms with Crippen molar-refractivity contribution in [2.24, 2.45) is 5.92 Å². The number of anilines is 1. The molecule has 0 radical (unpaired) electrons. The first-order valence-corrected chi connectivity index (χ1v) is 6.29. The second kappa shape index (κ2) is 6.26. The summed E-state index contributed by atoms with van der Waals surface area (Å²) in [5.41, 5.74) is 0.0203. The topological polar surface area (TPSA) is 24.1 Å². The second-order valence-electron chi connectivity index (χ2n) is 3.98. The van der Waals surface area contributed by atoms with E-state index in [0.29, 0.717) is 12.5 Å². The third-order valence-electron chi connectivity index (χ3n) is 1.93. The molecule has 1 aromatic carbocycles. The Labute approximate surface area is 113 Å². The Morgan fingerprint density at radius 2 is 2.00 bits per heavy atom. The Hall–Kier alpha value is -0.750. The summed E-state index contributed by atoms with van der Waals surface area (Å²) in [6.07, 6.45) is 0. The lowest BCUT2D eigenvalue weighted by Gasteiger charge is -2.13. The van der Waals surface area contributed by atoms with Gasteiger partial charge in [-0.2, -0.15) is 0 Å². The van der Waals surface area contributed by atoms with Crippen LogP contribution in [0.2, 0.25) is 0 Å². The minimum Gasteiger partial charge on any atom is -0.362 e. The van der Waals surface area contributed by atoms with Crippen LogP contribution in [-0.2, 0) is 0 Å². The summed E-state index contributed by atoms with van der Waals surface area (Å²) in [7, 11) is 0. The Kier molecular flexibility index (Phi) is 5.27. The van der Waals surface area contributed by atoms with Crippen molar-refractivity contribution in [2.75, 3.05) is 11.9 Å². The summed E-state index contributed by atoms with van der Waals surface area (Å²) < 4.78 is 26.7. The molecule has 0 heterocycles. The van der Waals surface area contributed by atoms with E-state index >= 15 is 0 Å². The van der Waals surface area contributed by atoms with Gasteiger partial charge in [-0.15, -0.1) is 0 Å². The van der Waals surface area contributed by atoms with Gasteiger partial charge < -0.3 is 10.6 Å².